The number of alkyl halides is 3. The van der Waals surface area contributed by atoms with Crippen molar-refractivity contribution in [2.45, 2.75) is 35.4 Å². The second-order valence-electron chi connectivity index (χ2n) is 6.67. The summed E-state index contributed by atoms with van der Waals surface area (Å²) in [5.74, 6) is -1.13. The van der Waals surface area contributed by atoms with Crippen molar-refractivity contribution in [2.75, 3.05) is 13.2 Å². The van der Waals surface area contributed by atoms with Crippen molar-refractivity contribution in [3.8, 4) is 5.75 Å². The van der Waals surface area contributed by atoms with Crippen LogP contribution in [0.4, 0.5) is 13.2 Å². The smallest absolute Gasteiger partial charge is 0.397 e. The average Bonchev–Trinajstić information content (AvgIpc) is 2.72. The van der Waals surface area contributed by atoms with Crippen LogP contribution in [0.5, 0.6) is 5.75 Å². The molecule has 0 aromatic heterocycles. The molecule has 0 heterocycles. The third-order valence-electron chi connectivity index (χ3n) is 4.42. The van der Waals surface area contributed by atoms with E-state index in [1.807, 2.05) is 61.5 Å². The lowest BCUT2D eigenvalue weighted by molar-refractivity contribution is -0.163. The number of halogens is 3. The fourth-order valence-corrected chi connectivity index (χ4v) is 3.88. The minimum Gasteiger partial charge on any atom is -0.494 e. The topological polar surface area (TPSA) is 18.5 Å². The maximum atomic E-state index is 13.6. The Morgan fingerprint density at radius 2 is 1.57 bits per heavy atom. The molecule has 0 bridgehead atoms. The molecular weight excluding hydrogens is 409 g/mol. The molecular formula is C24H23F3O2S. The van der Waals surface area contributed by atoms with Crippen molar-refractivity contribution in [1.29, 1.82) is 0 Å². The number of rotatable bonds is 9. The minimum absolute atomic E-state index is 0.118. The van der Waals surface area contributed by atoms with E-state index in [0.717, 1.165) is 15.4 Å². The van der Waals surface area contributed by atoms with Crippen molar-refractivity contribution in [3.05, 3.63) is 90.0 Å². The van der Waals surface area contributed by atoms with E-state index in [1.165, 1.54) is 12.1 Å². The van der Waals surface area contributed by atoms with Crippen LogP contribution in [0.3, 0.4) is 0 Å². The van der Waals surface area contributed by atoms with Crippen LogP contribution < -0.4 is 4.74 Å². The monoisotopic (exact) mass is 432 g/mol. The molecule has 3 aromatic carbocycles. The van der Waals surface area contributed by atoms with Gasteiger partial charge >= 0.3 is 6.18 Å². The molecule has 6 heteroatoms. The van der Waals surface area contributed by atoms with Crippen LogP contribution in [-0.2, 0) is 11.3 Å². The van der Waals surface area contributed by atoms with Gasteiger partial charge in [-0.15, -0.1) is 0 Å². The summed E-state index contributed by atoms with van der Waals surface area (Å²) in [5, 5.41) is 0. The zero-order valence-corrected chi connectivity index (χ0v) is 17.4. The van der Waals surface area contributed by atoms with Gasteiger partial charge in [-0.1, -0.05) is 54.2 Å². The normalized spacial score (nSPS) is 12.5. The lowest BCUT2D eigenvalue weighted by Crippen LogP contribution is -2.25. The summed E-state index contributed by atoms with van der Waals surface area (Å²) in [4.78, 5) is 2.12. The van der Waals surface area contributed by atoms with E-state index in [4.69, 9.17) is 9.47 Å². The van der Waals surface area contributed by atoms with Gasteiger partial charge in [-0.3, -0.25) is 0 Å². The lowest BCUT2D eigenvalue weighted by Gasteiger charge is -2.21. The summed E-state index contributed by atoms with van der Waals surface area (Å²) in [6.45, 7) is 1.97. The van der Waals surface area contributed by atoms with Crippen LogP contribution in [0.15, 0.2) is 88.7 Å². The molecule has 0 saturated heterocycles. The van der Waals surface area contributed by atoms with Crippen molar-refractivity contribution in [1.82, 2.24) is 0 Å². The van der Waals surface area contributed by atoms with Gasteiger partial charge in [0.25, 0.3) is 0 Å². The summed E-state index contributed by atoms with van der Waals surface area (Å²) in [6.07, 6.45) is -4.39. The molecule has 0 aliphatic heterocycles. The molecule has 0 aliphatic rings. The van der Waals surface area contributed by atoms with E-state index in [1.54, 1.807) is 23.9 Å². The Morgan fingerprint density at radius 3 is 2.23 bits per heavy atom. The highest BCUT2D eigenvalue weighted by Crippen LogP contribution is 2.36. The van der Waals surface area contributed by atoms with Gasteiger partial charge in [0, 0.05) is 9.79 Å². The number of hydrogen-bond donors (Lipinski definition) is 0. The molecule has 1 unspecified atom stereocenters. The Hall–Kier alpha value is -2.44. The molecule has 2 nitrogen and oxygen atoms in total. The number of hydrogen-bond acceptors (Lipinski definition) is 3. The van der Waals surface area contributed by atoms with Crippen molar-refractivity contribution < 1.29 is 22.6 Å². The van der Waals surface area contributed by atoms with Crippen LogP contribution in [0, 0.1) is 0 Å². The molecule has 3 aromatic rings. The maximum absolute atomic E-state index is 13.6. The Labute approximate surface area is 179 Å². The zero-order valence-electron chi connectivity index (χ0n) is 16.6. The Kier molecular flexibility index (Phi) is 7.82. The number of ether oxygens (including phenoxy) is 2. The summed E-state index contributed by atoms with van der Waals surface area (Å²) < 4.78 is 51.5. The molecule has 3 rings (SSSR count). The first-order valence-corrected chi connectivity index (χ1v) is 10.5. The van der Waals surface area contributed by atoms with Crippen molar-refractivity contribution in [2.24, 2.45) is 0 Å². The third-order valence-corrected chi connectivity index (χ3v) is 5.42. The molecule has 0 radical (unpaired) electrons. The van der Waals surface area contributed by atoms with Gasteiger partial charge in [0.2, 0.25) is 0 Å². The van der Waals surface area contributed by atoms with E-state index >= 15 is 0 Å². The van der Waals surface area contributed by atoms with E-state index in [2.05, 4.69) is 0 Å². The average molecular weight is 433 g/mol. The Balaban J connectivity index is 1.62. The zero-order chi connectivity index (χ0) is 21.4. The molecule has 0 N–H and O–H groups in total. The third kappa shape index (κ3) is 6.54. The summed E-state index contributed by atoms with van der Waals surface area (Å²) in [7, 11) is 0. The highest BCUT2D eigenvalue weighted by atomic mass is 32.2. The van der Waals surface area contributed by atoms with Crippen LogP contribution in [0.2, 0.25) is 0 Å². The van der Waals surface area contributed by atoms with E-state index in [0.29, 0.717) is 12.4 Å². The molecule has 0 amide bonds. The molecule has 158 valence electrons. The van der Waals surface area contributed by atoms with E-state index < -0.39 is 18.7 Å². The lowest BCUT2D eigenvalue weighted by atomic mass is 9.99. The quantitative estimate of drug-likeness (QED) is 0.359. The van der Waals surface area contributed by atoms with Crippen molar-refractivity contribution >= 4 is 11.8 Å². The van der Waals surface area contributed by atoms with Gasteiger partial charge in [-0.2, -0.15) is 13.2 Å². The second-order valence-corrected chi connectivity index (χ2v) is 7.82. The first-order valence-electron chi connectivity index (χ1n) is 9.65. The van der Waals surface area contributed by atoms with Gasteiger partial charge in [-0.25, -0.2) is 0 Å². The fourth-order valence-electron chi connectivity index (χ4n) is 2.96. The van der Waals surface area contributed by atoms with Gasteiger partial charge in [0.15, 0.2) is 0 Å². The van der Waals surface area contributed by atoms with Crippen molar-refractivity contribution in [3.63, 3.8) is 0 Å². The predicted molar refractivity (Wildman–Crippen MR) is 113 cm³/mol. The van der Waals surface area contributed by atoms with Gasteiger partial charge < -0.3 is 9.47 Å². The molecule has 0 fully saturated rings. The highest BCUT2D eigenvalue weighted by Gasteiger charge is 2.40. The SMILES string of the molecule is CCOc1ccc(C(COCc2cccc(Sc3ccccc3)c2)C(F)(F)F)cc1. The second kappa shape index (κ2) is 10.5. The van der Waals surface area contributed by atoms with Gasteiger partial charge in [0.1, 0.15) is 11.7 Å². The molecule has 30 heavy (non-hydrogen) atoms. The number of benzene rings is 3. The molecule has 0 saturated carbocycles. The standard InChI is InChI=1S/C24H23F3O2S/c1-2-29-20-13-11-19(12-14-20)23(24(25,26)27)17-28-16-18-7-6-10-22(15-18)30-21-8-4-3-5-9-21/h3-15,23H,2,16-17H2,1H3. The fraction of sp³-hybridized carbons (Fsp3) is 0.250. The molecule has 0 spiro atoms. The minimum atomic E-state index is -4.39. The summed E-state index contributed by atoms with van der Waals surface area (Å²) in [6, 6.07) is 23.6. The Bertz CT molecular complexity index is 912. The van der Waals surface area contributed by atoms with Gasteiger partial charge in [0.05, 0.1) is 19.8 Å². The van der Waals surface area contributed by atoms with E-state index in [-0.39, 0.29) is 12.2 Å². The predicted octanol–water partition coefficient (Wildman–Crippen LogP) is 7.10. The van der Waals surface area contributed by atoms with Crippen LogP contribution in [0.25, 0.3) is 0 Å². The summed E-state index contributed by atoms with van der Waals surface area (Å²) in [5.41, 5.74) is 1.00. The highest BCUT2D eigenvalue weighted by molar-refractivity contribution is 7.99. The maximum Gasteiger partial charge on any atom is 0.397 e. The first kappa shape index (κ1) is 22.2. The Morgan fingerprint density at radius 1 is 0.867 bits per heavy atom. The largest absolute Gasteiger partial charge is 0.494 e. The van der Waals surface area contributed by atoms with Crippen LogP contribution in [-0.4, -0.2) is 19.4 Å². The van der Waals surface area contributed by atoms with Crippen LogP contribution in [0.1, 0.15) is 24.0 Å². The molecule has 0 aliphatic carbocycles. The van der Waals surface area contributed by atoms with E-state index in [9.17, 15) is 13.2 Å². The summed E-state index contributed by atoms with van der Waals surface area (Å²) >= 11 is 1.60. The first-order chi connectivity index (χ1) is 14.5. The van der Waals surface area contributed by atoms with Crippen LogP contribution >= 0.6 is 11.8 Å². The van der Waals surface area contributed by atoms with Gasteiger partial charge in [-0.05, 0) is 54.4 Å². The molecule has 1 atom stereocenters.